The Morgan fingerprint density at radius 2 is 2.19 bits per heavy atom. The number of halogens is 1. The highest BCUT2D eigenvalue weighted by atomic mass is 19.1. The van der Waals surface area contributed by atoms with Gasteiger partial charge in [-0.15, -0.1) is 0 Å². The summed E-state index contributed by atoms with van der Waals surface area (Å²) in [6, 6.07) is 8.67. The smallest absolute Gasteiger partial charge is 0.254 e. The van der Waals surface area contributed by atoms with E-state index in [1.807, 2.05) is 17.0 Å². The molecule has 2 aromatic rings. The van der Waals surface area contributed by atoms with Crippen LogP contribution in [0, 0.1) is 12.7 Å². The van der Waals surface area contributed by atoms with Crippen molar-refractivity contribution in [3.05, 3.63) is 65.2 Å². The Labute approximate surface area is 123 Å². The molecule has 0 aliphatic heterocycles. The highest BCUT2D eigenvalue weighted by Gasteiger charge is 2.33. The lowest BCUT2D eigenvalue weighted by Crippen LogP contribution is -2.32. The average Bonchev–Trinajstić information content (AvgIpc) is 3.33. The van der Waals surface area contributed by atoms with Gasteiger partial charge in [0.25, 0.3) is 5.91 Å². The molecule has 4 heteroatoms. The second-order valence-electron chi connectivity index (χ2n) is 5.49. The largest absolute Gasteiger partial charge is 0.331 e. The molecular weight excluding hydrogens is 267 g/mol. The van der Waals surface area contributed by atoms with Crippen LogP contribution in [0.3, 0.4) is 0 Å². The fourth-order valence-corrected chi connectivity index (χ4v) is 2.38. The van der Waals surface area contributed by atoms with Gasteiger partial charge in [0.2, 0.25) is 0 Å². The van der Waals surface area contributed by atoms with E-state index < -0.39 is 0 Å². The minimum absolute atomic E-state index is 0.0375. The second kappa shape index (κ2) is 5.64. The third-order valence-corrected chi connectivity index (χ3v) is 3.73. The monoisotopic (exact) mass is 284 g/mol. The summed E-state index contributed by atoms with van der Waals surface area (Å²) >= 11 is 0. The summed E-state index contributed by atoms with van der Waals surface area (Å²) in [5.74, 6) is -0.318. The van der Waals surface area contributed by atoms with E-state index in [2.05, 4.69) is 4.98 Å². The van der Waals surface area contributed by atoms with E-state index in [1.165, 1.54) is 6.07 Å². The van der Waals surface area contributed by atoms with Crippen molar-refractivity contribution in [2.24, 2.45) is 0 Å². The number of rotatable bonds is 4. The number of hydrogen-bond donors (Lipinski definition) is 0. The Kier molecular flexibility index (Phi) is 3.69. The van der Waals surface area contributed by atoms with Crippen molar-refractivity contribution in [3.8, 4) is 0 Å². The summed E-state index contributed by atoms with van der Waals surface area (Å²) in [4.78, 5) is 18.6. The third-order valence-electron chi connectivity index (χ3n) is 3.73. The van der Waals surface area contributed by atoms with E-state index in [1.54, 1.807) is 31.5 Å². The molecule has 108 valence electrons. The number of aryl methyl sites for hydroxylation is 1. The van der Waals surface area contributed by atoms with E-state index >= 15 is 0 Å². The summed E-state index contributed by atoms with van der Waals surface area (Å²) in [5, 5.41) is 0. The zero-order valence-electron chi connectivity index (χ0n) is 11.9. The van der Waals surface area contributed by atoms with Crippen LogP contribution in [-0.4, -0.2) is 21.8 Å². The van der Waals surface area contributed by atoms with Crippen LogP contribution in [0.2, 0.25) is 0 Å². The summed E-state index contributed by atoms with van der Waals surface area (Å²) in [7, 11) is 0. The molecule has 1 fully saturated rings. The van der Waals surface area contributed by atoms with Gasteiger partial charge in [0.15, 0.2) is 0 Å². The fraction of sp³-hybridized carbons (Fsp3) is 0.294. The van der Waals surface area contributed by atoms with Crippen LogP contribution in [0.25, 0.3) is 0 Å². The van der Waals surface area contributed by atoms with Crippen molar-refractivity contribution >= 4 is 5.91 Å². The van der Waals surface area contributed by atoms with Crippen molar-refractivity contribution in [1.82, 2.24) is 9.88 Å². The van der Waals surface area contributed by atoms with Crippen LogP contribution in [0.5, 0.6) is 0 Å². The topological polar surface area (TPSA) is 33.2 Å². The number of carbonyl (C=O) groups is 1. The SMILES string of the molecule is Cc1cc(C(=O)N(Cc2cccnc2)C2CC2)ccc1F. The first-order valence-corrected chi connectivity index (χ1v) is 7.11. The zero-order chi connectivity index (χ0) is 14.8. The molecule has 0 N–H and O–H groups in total. The number of amides is 1. The first kappa shape index (κ1) is 13.7. The van der Waals surface area contributed by atoms with Crippen molar-refractivity contribution in [2.75, 3.05) is 0 Å². The van der Waals surface area contributed by atoms with Crippen molar-refractivity contribution in [2.45, 2.75) is 32.4 Å². The van der Waals surface area contributed by atoms with Crippen molar-refractivity contribution < 1.29 is 9.18 Å². The van der Waals surface area contributed by atoms with Crippen molar-refractivity contribution in [3.63, 3.8) is 0 Å². The van der Waals surface area contributed by atoms with Gasteiger partial charge in [-0.1, -0.05) is 6.07 Å². The molecule has 21 heavy (non-hydrogen) atoms. The summed E-state index contributed by atoms with van der Waals surface area (Å²) in [5.41, 5.74) is 2.05. The Morgan fingerprint density at radius 3 is 2.81 bits per heavy atom. The Balaban J connectivity index is 1.83. The fourth-order valence-electron chi connectivity index (χ4n) is 2.38. The normalized spacial score (nSPS) is 14.0. The molecule has 1 heterocycles. The summed E-state index contributed by atoms with van der Waals surface area (Å²) in [6.07, 6.45) is 5.56. The van der Waals surface area contributed by atoms with Crippen LogP contribution in [0.15, 0.2) is 42.7 Å². The lowest BCUT2D eigenvalue weighted by molar-refractivity contribution is 0.0729. The first-order valence-electron chi connectivity index (χ1n) is 7.11. The van der Waals surface area contributed by atoms with Gasteiger partial charge in [-0.05, 0) is 55.2 Å². The van der Waals surface area contributed by atoms with Gasteiger partial charge in [-0.2, -0.15) is 0 Å². The van der Waals surface area contributed by atoms with Crippen LogP contribution >= 0.6 is 0 Å². The number of pyridine rings is 1. The molecule has 1 amide bonds. The molecule has 0 atom stereocenters. The molecule has 0 bridgehead atoms. The highest BCUT2D eigenvalue weighted by Crippen LogP contribution is 2.30. The lowest BCUT2D eigenvalue weighted by atomic mass is 10.1. The molecule has 1 aliphatic rings. The molecular formula is C17H17FN2O. The Morgan fingerprint density at radius 1 is 1.38 bits per heavy atom. The molecule has 3 nitrogen and oxygen atoms in total. The van der Waals surface area contributed by atoms with E-state index in [4.69, 9.17) is 0 Å². The number of nitrogens with zero attached hydrogens (tertiary/aromatic N) is 2. The van der Waals surface area contributed by atoms with Crippen molar-refractivity contribution in [1.29, 1.82) is 0 Å². The molecule has 3 rings (SSSR count). The molecule has 1 aliphatic carbocycles. The highest BCUT2D eigenvalue weighted by molar-refractivity contribution is 5.94. The van der Waals surface area contributed by atoms with Gasteiger partial charge in [-0.25, -0.2) is 4.39 Å². The van der Waals surface area contributed by atoms with Gasteiger partial charge in [0.05, 0.1) is 0 Å². The van der Waals surface area contributed by atoms with Gasteiger partial charge in [-0.3, -0.25) is 9.78 Å². The number of benzene rings is 1. The predicted octanol–water partition coefficient (Wildman–Crippen LogP) is 3.33. The zero-order valence-corrected chi connectivity index (χ0v) is 11.9. The molecule has 1 saturated carbocycles. The first-order chi connectivity index (χ1) is 10.1. The molecule has 0 saturated heterocycles. The van der Waals surface area contributed by atoms with Crippen LogP contribution in [-0.2, 0) is 6.54 Å². The van der Waals surface area contributed by atoms with Gasteiger partial charge in [0, 0.05) is 30.5 Å². The quantitative estimate of drug-likeness (QED) is 0.862. The van der Waals surface area contributed by atoms with Crippen LogP contribution in [0.4, 0.5) is 4.39 Å². The van der Waals surface area contributed by atoms with E-state index in [0.717, 1.165) is 18.4 Å². The standard InChI is InChI=1S/C17H17FN2O/c1-12-9-14(4-7-16(12)18)17(21)20(15-5-6-15)11-13-3-2-8-19-10-13/h2-4,7-10,15H,5-6,11H2,1H3. The van der Waals surface area contributed by atoms with E-state index in [-0.39, 0.29) is 11.7 Å². The minimum Gasteiger partial charge on any atom is -0.331 e. The number of carbonyl (C=O) groups excluding carboxylic acids is 1. The van der Waals surface area contributed by atoms with Crippen LogP contribution in [0.1, 0.15) is 34.3 Å². The summed E-state index contributed by atoms with van der Waals surface area (Å²) < 4.78 is 13.3. The van der Waals surface area contributed by atoms with E-state index in [0.29, 0.717) is 23.7 Å². The minimum atomic E-state index is -0.281. The molecule has 1 aromatic carbocycles. The van der Waals surface area contributed by atoms with Gasteiger partial charge < -0.3 is 4.90 Å². The number of aromatic nitrogens is 1. The van der Waals surface area contributed by atoms with E-state index in [9.17, 15) is 9.18 Å². The molecule has 0 unspecified atom stereocenters. The van der Waals surface area contributed by atoms with Gasteiger partial charge >= 0.3 is 0 Å². The second-order valence-corrected chi connectivity index (χ2v) is 5.49. The Hall–Kier alpha value is -2.23. The average molecular weight is 284 g/mol. The Bertz CT molecular complexity index is 653. The predicted molar refractivity (Wildman–Crippen MR) is 78.3 cm³/mol. The van der Waals surface area contributed by atoms with Crippen LogP contribution < -0.4 is 0 Å². The van der Waals surface area contributed by atoms with Gasteiger partial charge in [0.1, 0.15) is 5.82 Å². The lowest BCUT2D eigenvalue weighted by Gasteiger charge is -2.22. The molecule has 0 radical (unpaired) electrons. The molecule has 1 aromatic heterocycles. The summed E-state index contributed by atoms with van der Waals surface area (Å²) in [6.45, 7) is 2.22. The maximum absolute atomic E-state index is 13.3. The maximum atomic E-state index is 13.3. The third kappa shape index (κ3) is 3.10. The maximum Gasteiger partial charge on any atom is 0.254 e. The number of hydrogen-bond acceptors (Lipinski definition) is 2. The molecule has 0 spiro atoms.